The van der Waals surface area contributed by atoms with Gasteiger partial charge in [0, 0.05) is 36.7 Å². The van der Waals surface area contributed by atoms with Crippen LogP contribution in [0, 0.1) is 0 Å². The van der Waals surface area contributed by atoms with Gasteiger partial charge in [-0.15, -0.1) is 0 Å². The van der Waals surface area contributed by atoms with Gasteiger partial charge >= 0.3 is 6.03 Å². The van der Waals surface area contributed by atoms with Crippen LogP contribution < -0.4 is 21.3 Å². The van der Waals surface area contributed by atoms with Crippen LogP contribution >= 0.6 is 0 Å². The van der Waals surface area contributed by atoms with Crippen LogP contribution in [0.3, 0.4) is 0 Å². The molecule has 0 fully saturated rings. The number of carbonyl (C=O) groups is 2. The van der Waals surface area contributed by atoms with Crippen LogP contribution in [-0.4, -0.2) is 69.1 Å². The number of hydrogen-bond acceptors (Lipinski definition) is 8. The summed E-state index contributed by atoms with van der Waals surface area (Å²) in [6.07, 6.45) is 3.35. The van der Waals surface area contributed by atoms with Crippen molar-refractivity contribution in [2.45, 2.75) is 19.0 Å². The molecule has 190 valence electrons. The minimum absolute atomic E-state index is 0.198. The van der Waals surface area contributed by atoms with Crippen molar-refractivity contribution in [3.05, 3.63) is 72.1 Å². The van der Waals surface area contributed by atoms with Crippen LogP contribution in [0.4, 0.5) is 16.3 Å². The maximum absolute atomic E-state index is 12.8. The predicted octanol–water partition coefficient (Wildman–Crippen LogP) is 1.34. The lowest BCUT2D eigenvalue weighted by Crippen LogP contribution is -2.57. The van der Waals surface area contributed by atoms with E-state index in [-0.39, 0.29) is 11.6 Å². The number of nitrogens with zero attached hydrogens (tertiary/aromatic N) is 2. The second-order valence-electron chi connectivity index (χ2n) is 8.08. The lowest BCUT2D eigenvalue weighted by Gasteiger charge is -2.29. The number of benzene rings is 1. The number of aromatic nitrogens is 2. The molecule has 0 aliphatic rings. The molecule has 0 saturated heterocycles. The first-order valence-corrected chi connectivity index (χ1v) is 11.4. The van der Waals surface area contributed by atoms with Gasteiger partial charge in [-0.25, -0.2) is 9.78 Å². The topological polar surface area (TPSA) is 169 Å². The zero-order valence-corrected chi connectivity index (χ0v) is 19.9. The number of urea groups is 1. The van der Waals surface area contributed by atoms with Gasteiger partial charge in [-0.1, -0.05) is 18.2 Å². The Kier molecular flexibility index (Phi) is 9.28. The van der Waals surface area contributed by atoms with E-state index in [1.54, 1.807) is 54.9 Å². The number of aliphatic hydroxyl groups is 3. The van der Waals surface area contributed by atoms with E-state index in [0.717, 1.165) is 11.1 Å². The summed E-state index contributed by atoms with van der Waals surface area (Å²) in [4.78, 5) is 33.5. The van der Waals surface area contributed by atoms with Gasteiger partial charge in [-0.2, -0.15) is 0 Å². The Morgan fingerprint density at radius 1 is 0.972 bits per heavy atom. The average Bonchev–Trinajstić information content (AvgIpc) is 2.92. The molecule has 7 N–H and O–H groups in total. The fraction of sp³-hybridized carbons (Fsp3) is 0.280. The van der Waals surface area contributed by atoms with Crippen molar-refractivity contribution in [3.8, 4) is 11.3 Å². The maximum atomic E-state index is 12.8. The van der Waals surface area contributed by atoms with Crippen molar-refractivity contribution in [1.82, 2.24) is 20.6 Å². The molecule has 1 aromatic carbocycles. The Balaban J connectivity index is 1.70. The summed E-state index contributed by atoms with van der Waals surface area (Å²) in [5.41, 5.74) is 1.48. The zero-order chi connectivity index (χ0) is 26.0. The molecule has 0 aliphatic heterocycles. The SMILES string of the molecule is CCNc1nc(-c2ccc(NC(=O)NCc3cccnc3)cc2)ccc1C(=O)NC(CO)(CO)CO. The van der Waals surface area contributed by atoms with E-state index in [4.69, 9.17) is 0 Å². The van der Waals surface area contributed by atoms with Gasteiger partial charge in [-0.05, 0) is 42.8 Å². The molecule has 0 radical (unpaired) electrons. The van der Waals surface area contributed by atoms with Gasteiger partial charge in [0.15, 0.2) is 0 Å². The quantitative estimate of drug-likeness (QED) is 0.209. The molecule has 2 heterocycles. The number of nitrogens with one attached hydrogen (secondary N) is 4. The predicted molar refractivity (Wildman–Crippen MR) is 135 cm³/mol. The smallest absolute Gasteiger partial charge is 0.319 e. The summed E-state index contributed by atoms with van der Waals surface area (Å²) < 4.78 is 0. The largest absolute Gasteiger partial charge is 0.394 e. The van der Waals surface area contributed by atoms with E-state index in [9.17, 15) is 24.9 Å². The summed E-state index contributed by atoms with van der Waals surface area (Å²) in [5.74, 6) is -0.286. The van der Waals surface area contributed by atoms with Crippen LogP contribution in [0.5, 0.6) is 0 Å². The average molecular weight is 495 g/mol. The molecule has 11 heteroatoms. The molecule has 3 rings (SSSR count). The van der Waals surface area contributed by atoms with E-state index in [2.05, 4.69) is 31.2 Å². The number of rotatable bonds is 11. The molecule has 3 amide bonds. The second kappa shape index (κ2) is 12.6. The van der Waals surface area contributed by atoms with Crippen molar-refractivity contribution in [3.63, 3.8) is 0 Å². The Hall–Kier alpha value is -4.06. The lowest BCUT2D eigenvalue weighted by molar-refractivity contribution is 0.0375. The molecular weight excluding hydrogens is 464 g/mol. The molecule has 36 heavy (non-hydrogen) atoms. The fourth-order valence-corrected chi connectivity index (χ4v) is 3.27. The first-order valence-electron chi connectivity index (χ1n) is 11.4. The number of pyridine rings is 2. The normalized spacial score (nSPS) is 11.0. The van der Waals surface area contributed by atoms with Gasteiger partial charge in [0.1, 0.15) is 11.4 Å². The van der Waals surface area contributed by atoms with Crippen molar-refractivity contribution in [2.75, 3.05) is 37.0 Å². The third kappa shape index (κ3) is 6.75. The van der Waals surface area contributed by atoms with E-state index < -0.39 is 31.3 Å². The molecular formula is C25H30N6O5. The summed E-state index contributed by atoms with van der Waals surface area (Å²) in [6, 6.07) is 13.6. The Morgan fingerprint density at radius 3 is 2.31 bits per heavy atom. The van der Waals surface area contributed by atoms with Crippen molar-refractivity contribution in [1.29, 1.82) is 0 Å². The third-order valence-corrected chi connectivity index (χ3v) is 5.39. The number of amides is 3. The van der Waals surface area contributed by atoms with Crippen molar-refractivity contribution < 1.29 is 24.9 Å². The highest BCUT2D eigenvalue weighted by Crippen LogP contribution is 2.24. The van der Waals surface area contributed by atoms with Crippen molar-refractivity contribution in [2.24, 2.45) is 0 Å². The van der Waals surface area contributed by atoms with Crippen LogP contribution in [-0.2, 0) is 6.54 Å². The first-order chi connectivity index (χ1) is 17.4. The second-order valence-corrected chi connectivity index (χ2v) is 8.08. The molecule has 0 aliphatic carbocycles. The van der Waals surface area contributed by atoms with E-state index >= 15 is 0 Å². The fourth-order valence-electron chi connectivity index (χ4n) is 3.27. The molecule has 0 unspecified atom stereocenters. The zero-order valence-electron chi connectivity index (χ0n) is 19.9. The molecule has 0 saturated carbocycles. The number of carbonyl (C=O) groups excluding carboxylic acids is 2. The van der Waals surface area contributed by atoms with E-state index in [1.807, 2.05) is 13.0 Å². The van der Waals surface area contributed by atoms with Crippen LogP contribution in [0.25, 0.3) is 11.3 Å². The van der Waals surface area contributed by atoms with E-state index in [0.29, 0.717) is 30.3 Å². The Morgan fingerprint density at radius 2 is 1.69 bits per heavy atom. The highest BCUT2D eigenvalue weighted by atomic mass is 16.3. The highest BCUT2D eigenvalue weighted by molar-refractivity contribution is 5.99. The number of hydrogen-bond donors (Lipinski definition) is 7. The minimum Gasteiger partial charge on any atom is -0.394 e. The highest BCUT2D eigenvalue weighted by Gasteiger charge is 2.31. The van der Waals surface area contributed by atoms with Crippen LogP contribution in [0.1, 0.15) is 22.8 Å². The molecule has 0 spiro atoms. The number of aliphatic hydroxyl groups excluding tert-OH is 3. The maximum Gasteiger partial charge on any atom is 0.319 e. The summed E-state index contributed by atoms with van der Waals surface area (Å²) >= 11 is 0. The Labute approximate surface area is 208 Å². The molecule has 0 atom stereocenters. The van der Waals surface area contributed by atoms with Gasteiger partial charge in [-0.3, -0.25) is 9.78 Å². The van der Waals surface area contributed by atoms with Crippen LogP contribution in [0.2, 0.25) is 0 Å². The van der Waals surface area contributed by atoms with Gasteiger partial charge in [0.2, 0.25) is 0 Å². The summed E-state index contributed by atoms with van der Waals surface area (Å²) in [5, 5.41) is 39.6. The van der Waals surface area contributed by atoms with Crippen LogP contribution in [0.15, 0.2) is 60.9 Å². The standard InChI is InChI=1S/C25H30N6O5/c1-2-27-22-20(23(35)31-25(14-32,15-33)16-34)9-10-21(30-22)18-5-7-19(8-6-18)29-24(36)28-13-17-4-3-11-26-12-17/h3-12,32-34H,2,13-16H2,1H3,(H,27,30)(H,31,35)(H2,28,29,36). The number of anilines is 2. The lowest BCUT2D eigenvalue weighted by atomic mass is 10.0. The monoisotopic (exact) mass is 494 g/mol. The van der Waals surface area contributed by atoms with Crippen molar-refractivity contribution >= 4 is 23.4 Å². The molecule has 2 aromatic heterocycles. The third-order valence-electron chi connectivity index (χ3n) is 5.39. The van der Waals surface area contributed by atoms with Gasteiger partial charge in [0.05, 0.1) is 31.1 Å². The summed E-state index contributed by atoms with van der Waals surface area (Å²) in [7, 11) is 0. The van der Waals surface area contributed by atoms with Gasteiger partial charge in [0.25, 0.3) is 5.91 Å². The van der Waals surface area contributed by atoms with Gasteiger partial charge < -0.3 is 36.6 Å². The Bertz CT molecular complexity index is 1150. The molecule has 0 bridgehead atoms. The molecule has 11 nitrogen and oxygen atoms in total. The minimum atomic E-state index is -1.55. The molecule has 3 aromatic rings. The first kappa shape index (κ1) is 26.5. The summed E-state index contributed by atoms with van der Waals surface area (Å²) in [6.45, 7) is 0.819. The van der Waals surface area contributed by atoms with E-state index in [1.165, 1.54) is 0 Å².